The second-order valence-electron chi connectivity index (χ2n) is 5.05. The zero-order valence-electron chi connectivity index (χ0n) is 11.3. The van der Waals surface area contributed by atoms with Crippen LogP contribution in [0.1, 0.15) is 48.0 Å². The first-order valence-electron chi connectivity index (χ1n) is 6.89. The van der Waals surface area contributed by atoms with Gasteiger partial charge in [-0.2, -0.15) is 0 Å². The number of carbonyl (C=O) groups excluding carboxylic acids is 1. The molecule has 1 aliphatic carbocycles. The maximum Gasteiger partial charge on any atom is 0.252 e. The van der Waals surface area contributed by atoms with Crippen LogP contribution in [-0.2, 0) is 0 Å². The van der Waals surface area contributed by atoms with E-state index in [-0.39, 0.29) is 5.91 Å². The first kappa shape index (κ1) is 14.6. The van der Waals surface area contributed by atoms with Gasteiger partial charge in [-0.1, -0.05) is 23.8 Å². The molecule has 19 heavy (non-hydrogen) atoms. The van der Waals surface area contributed by atoms with E-state index in [0.717, 1.165) is 27.7 Å². The van der Waals surface area contributed by atoms with E-state index >= 15 is 0 Å². The van der Waals surface area contributed by atoms with Gasteiger partial charge in [-0.25, -0.2) is 0 Å². The first-order chi connectivity index (χ1) is 9.18. The molecule has 0 radical (unpaired) electrons. The van der Waals surface area contributed by atoms with Gasteiger partial charge in [0.1, 0.15) is 0 Å². The maximum atomic E-state index is 12.1. The van der Waals surface area contributed by atoms with Crippen LogP contribution in [0.2, 0.25) is 0 Å². The largest absolute Gasteiger partial charge is 0.352 e. The minimum absolute atomic E-state index is 0.0458. The van der Waals surface area contributed by atoms with Crippen LogP contribution in [0.4, 0.5) is 0 Å². The Morgan fingerprint density at radius 2 is 2.21 bits per heavy atom. The average molecular weight is 369 g/mol. The van der Waals surface area contributed by atoms with E-state index in [2.05, 4.69) is 34.0 Å². The summed E-state index contributed by atoms with van der Waals surface area (Å²) in [6, 6.07) is 5.87. The Kier molecular flexibility index (Phi) is 5.43. The molecule has 1 aromatic carbocycles. The number of allylic oxidation sites excluding steroid dienone is 1. The Morgan fingerprint density at radius 1 is 1.37 bits per heavy atom. The summed E-state index contributed by atoms with van der Waals surface area (Å²) in [5.41, 5.74) is 3.45. The van der Waals surface area contributed by atoms with Gasteiger partial charge in [-0.05, 0) is 73.2 Å². The van der Waals surface area contributed by atoms with E-state index in [1.165, 1.54) is 31.3 Å². The zero-order valence-corrected chi connectivity index (χ0v) is 13.5. The minimum atomic E-state index is 0.0458. The Balaban J connectivity index is 1.87. The molecule has 0 heterocycles. The molecule has 0 bridgehead atoms. The average Bonchev–Trinajstić information content (AvgIpc) is 2.43. The summed E-state index contributed by atoms with van der Waals surface area (Å²) in [4.78, 5) is 12.1. The molecule has 0 fully saturated rings. The number of nitrogens with one attached hydrogen (secondary N) is 1. The third kappa shape index (κ3) is 4.06. The van der Waals surface area contributed by atoms with Crippen molar-refractivity contribution in [2.45, 2.75) is 39.0 Å². The van der Waals surface area contributed by atoms with Crippen molar-refractivity contribution in [3.8, 4) is 0 Å². The zero-order chi connectivity index (χ0) is 13.7. The number of rotatable bonds is 4. The molecule has 1 aliphatic rings. The molecule has 0 spiro atoms. The van der Waals surface area contributed by atoms with Gasteiger partial charge in [0.15, 0.2) is 0 Å². The van der Waals surface area contributed by atoms with Crippen molar-refractivity contribution in [2.24, 2.45) is 0 Å². The molecule has 1 N–H and O–H groups in total. The number of hydrogen-bond acceptors (Lipinski definition) is 1. The van der Waals surface area contributed by atoms with Gasteiger partial charge in [0.05, 0.1) is 5.56 Å². The number of halogens is 1. The van der Waals surface area contributed by atoms with Crippen LogP contribution < -0.4 is 5.32 Å². The third-order valence-electron chi connectivity index (χ3n) is 3.55. The quantitative estimate of drug-likeness (QED) is 0.625. The van der Waals surface area contributed by atoms with E-state index in [1.807, 2.05) is 25.1 Å². The van der Waals surface area contributed by atoms with Gasteiger partial charge in [-0.15, -0.1) is 0 Å². The van der Waals surface area contributed by atoms with Crippen molar-refractivity contribution < 1.29 is 4.79 Å². The van der Waals surface area contributed by atoms with E-state index in [4.69, 9.17) is 0 Å². The fraction of sp³-hybridized carbons (Fsp3) is 0.438. The van der Waals surface area contributed by atoms with Crippen LogP contribution in [0.5, 0.6) is 0 Å². The molecule has 2 rings (SSSR count). The molecule has 3 heteroatoms. The first-order valence-corrected chi connectivity index (χ1v) is 7.97. The summed E-state index contributed by atoms with van der Waals surface area (Å²) in [6.07, 6.45) is 8.37. The van der Waals surface area contributed by atoms with Gasteiger partial charge in [0, 0.05) is 10.1 Å². The lowest BCUT2D eigenvalue weighted by Crippen LogP contribution is -2.25. The van der Waals surface area contributed by atoms with Crippen molar-refractivity contribution in [3.05, 3.63) is 44.5 Å². The highest BCUT2D eigenvalue weighted by atomic mass is 127. The summed E-state index contributed by atoms with van der Waals surface area (Å²) < 4.78 is 1.05. The molecule has 0 aliphatic heterocycles. The summed E-state index contributed by atoms with van der Waals surface area (Å²) in [6.45, 7) is 2.78. The second-order valence-corrected chi connectivity index (χ2v) is 6.13. The van der Waals surface area contributed by atoms with Gasteiger partial charge >= 0.3 is 0 Å². The summed E-state index contributed by atoms with van der Waals surface area (Å²) in [5.74, 6) is 0.0458. The minimum Gasteiger partial charge on any atom is -0.352 e. The van der Waals surface area contributed by atoms with Crippen LogP contribution in [0.15, 0.2) is 29.8 Å². The van der Waals surface area contributed by atoms with E-state index in [9.17, 15) is 4.79 Å². The topological polar surface area (TPSA) is 29.1 Å². The van der Waals surface area contributed by atoms with Crippen LogP contribution >= 0.6 is 22.6 Å². The standard InChI is InChI=1S/C16H20INO/c1-12-6-5-9-14(15(12)17)16(19)18-11-10-13-7-3-2-4-8-13/h5-7,9H,2-4,8,10-11H2,1H3,(H,18,19). The fourth-order valence-electron chi connectivity index (χ4n) is 2.39. The van der Waals surface area contributed by atoms with Crippen molar-refractivity contribution in [2.75, 3.05) is 6.54 Å². The Morgan fingerprint density at radius 3 is 2.95 bits per heavy atom. The van der Waals surface area contributed by atoms with Gasteiger partial charge in [0.25, 0.3) is 5.91 Å². The predicted molar refractivity (Wildman–Crippen MR) is 87.4 cm³/mol. The summed E-state index contributed by atoms with van der Waals surface area (Å²) in [5, 5.41) is 3.03. The van der Waals surface area contributed by atoms with Crippen molar-refractivity contribution in [3.63, 3.8) is 0 Å². The smallest absolute Gasteiger partial charge is 0.252 e. The molecular weight excluding hydrogens is 349 g/mol. The molecule has 0 aromatic heterocycles. The number of carbonyl (C=O) groups is 1. The number of amides is 1. The third-order valence-corrected chi connectivity index (χ3v) is 4.99. The summed E-state index contributed by atoms with van der Waals surface area (Å²) in [7, 11) is 0. The molecule has 102 valence electrons. The van der Waals surface area contributed by atoms with Gasteiger partial charge in [0.2, 0.25) is 0 Å². The molecule has 1 amide bonds. The molecule has 2 nitrogen and oxygen atoms in total. The molecule has 1 aromatic rings. The molecule has 0 unspecified atom stereocenters. The highest BCUT2D eigenvalue weighted by Gasteiger charge is 2.11. The van der Waals surface area contributed by atoms with E-state index in [1.54, 1.807) is 0 Å². The van der Waals surface area contributed by atoms with Gasteiger partial charge < -0.3 is 5.32 Å². The lowest BCUT2D eigenvalue weighted by molar-refractivity contribution is 0.0953. The Bertz CT molecular complexity index is 494. The molecule has 0 atom stereocenters. The van der Waals surface area contributed by atoms with Gasteiger partial charge in [-0.3, -0.25) is 4.79 Å². The van der Waals surface area contributed by atoms with E-state index in [0.29, 0.717) is 0 Å². The lowest BCUT2D eigenvalue weighted by Gasteiger charge is -2.13. The monoisotopic (exact) mass is 369 g/mol. The van der Waals surface area contributed by atoms with Crippen LogP contribution in [0, 0.1) is 10.5 Å². The maximum absolute atomic E-state index is 12.1. The molecule has 0 saturated heterocycles. The predicted octanol–water partition coefficient (Wildman–Crippen LogP) is 4.22. The molecule has 0 saturated carbocycles. The highest BCUT2D eigenvalue weighted by Crippen LogP contribution is 2.20. The van der Waals surface area contributed by atoms with Crippen molar-refractivity contribution >= 4 is 28.5 Å². The highest BCUT2D eigenvalue weighted by molar-refractivity contribution is 14.1. The Labute approximate surface area is 128 Å². The van der Waals surface area contributed by atoms with Crippen LogP contribution in [0.3, 0.4) is 0 Å². The summed E-state index contributed by atoms with van der Waals surface area (Å²) >= 11 is 2.24. The van der Waals surface area contributed by atoms with Crippen LogP contribution in [0.25, 0.3) is 0 Å². The number of benzene rings is 1. The second kappa shape index (κ2) is 7.08. The Hall–Kier alpha value is -0.840. The van der Waals surface area contributed by atoms with Crippen molar-refractivity contribution in [1.29, 1.82) is 0 Å². The number of hydrogen-bond donors (Lipinski definition) is 1. The normalized spacial score (nSPS) is 14.9. The number of aryl methyl sites for hydroxylation is 1. The SMILES string of the molecule is Cc1cccc(C(=O)NCCC2=CCCCC2)c1I. The fourth-order valence-corrected chi connectivity index (χ4v) is 2.99. The molecular formula is C16H20INO. The lowest BCUT2D eigenvalue weighted by atomic mass is 9.97. The van der Waals surface area contributed by atoms with Crippen molar-refractivity contribution in [1.82, 2.24) is 5.32 Å². The van der Waals surface area contributed by atoms with E-state index < -0.39 is 0 Å². The van der Waals surface area contributed by atoms with Crippen LogP contribution in [-0.4, -0.2) is 12.5 Å².